The van der Waals surface area contributed by atoms with Crippen LogP contribution < -0.4 is 10.6 Å². The van der Waals surface area contributed by atoms with E-state index in [4.69, 9.17) is 0 Å². The molecule has 1 aliphatic rings. The van der Waals surface area contributed by atoms with Crippen LogP contribution in [0.5, 0.6) is 0 Å². The number of guanidine groups is 1. The van der Waals surface area contributed by atoms with Gasteiger partial charge in [-0.2, -0.15) is 0 Å². The first-order valence-corrected chi connectivity index (χ1v) is 9.01. The van der Waals surface area contributed by atoms with Crippen molar-refractivity contribution in [2.75, 3.05) is 32.7 Å². The minimum Gasteiger partial charge on any atom is -0.357 e. The van der Waals surface area contributed by atoms with Crippen LogP contribution in [-0.4, -0.2) is 49.5 Å². The van der Waals surface area contributed by atoms with E-state index in [-0.39, 0.29) is 12.5 Å². The number of rotatable bonds is 9. The fourth-order valence-electron chi connectivity index (χ4n) is 2.74. The van der Waals surface area contributed by atoms with Gasteiger partial charge >= 0.3 is 0 Å². The third kappa shape index (κ3) is 7.14. The van der Waals surface area contributed by atoms with E-state index in [1.54, 1.807) is 0 Å². The summed E-state index contributed by atoms with van der Waals surface area (Å²) < 4.78 is 0. The van der Waals surface area contributed by atoms with Crippen molar-refractivity contribution in [3.05, 3.63) is 0 Å². The van der Waals surface area contributed by atoms with E-state index in [1.807, 2.05) is 11.8 Å². The van der Waals surface area contributed by atoms with Crippen LogP contribution in [0.2, 0.25) is 0 Å². The molecule has 0 aromatic heterocycles. The van der Waals surface area contributed by atoms with E-state index in [1.165, 1.54) is 25.7 Å². The number of likely N-dealkylation sites (tertiary alicyclic amines) is 1. The third-order valence-corrected chi connectivity index (χ3v) is 4.28. The number of hydrogen-bond donors (Lipinski definition) is 2. The van der Waals surface area contributed by atoms with Crippen LogP contribution in [0.4, 0.5) is 0 Å². The standard InChI is InChI=1S/C17H34N4O/c1-4-7-10-15(5-2)13-19-17(18-6-3)20-14-16(22)21-11-8-9-12-21/h15H,4-14H2,1-3H3,(H2,18,19,20). The maximum Gasteiger partial charge on any atom is 0.244 e. The molecule has 1 rings (SSSR count). The van der Waals surface area contributed by atoms with Crippen molar-refractivity contribution in [1.29, 1.82) is 0 Å². The second-order valence-electron chi connectivity index (χ2n) is 6.08. The Balaban J connectivity index is 2.41. The number of nitrogens with one attached hydrogen (secondary N) is 2. The lowest BCUT2D eigenvalue weighted by molar-refractivity contribution is -0.128. The van der Waals surface area contributed by atoms with Crippen molar-refractivity contribution in [3.8, 4) is 0 Å². The highest BCUT2D eigenvalue weighted by atomic mass is 16.2. The Kier molecular flexibility index (Phi) is 9.67. The van der Waals surface area contributed by atoms with Gasteiger partial charge < -0.3 is 15.5 Å². The van der Waals surface area contributed by atoms with Gasteiger partial charge in [-0.25, -0.2) is 4.99 Å². The van der Waals surface area contributed by atoms with Crippen LogP contribution in [-0.2, 0) is 4.79 Å². The van der Waals surface area contributed by atoms with E-state index in [2.05, 4.69) is 29.5 Å². The van der Waals surface area contributed by atoms with Crippen LogP contribution in [0.15, 0.2) is 4.99 Å². The lowest BCUT2D eigenvalue weighted by atomic mass is 9.99. The zero-order valence-corrected chi connectivity index (χ0v) is 14.7. The molecular formula is C17H34N4O. The molecule has 1 saturated heterocycles. The van der Waals surface area contributed by atoms with Gasteiger partial charge in [-0.15, -0.1) is 0 Å². The molecule has 5 nitrogen and oxygen atoms in total. The fraction of sp³-hybridized carbons (Fsp3) is 0.882. The number of amides is 1. The Morgan fingerprint density at radius 1 is 1.18 bits per heavy atom. The van der Waals surface area contributed by atoms with Crippen LogP contribution >= 0.6 is 0 Å². The van der Waals surface area contributed by atoms with Crippen molar-refractivity contribution in [2.24, 2.45) is 10.9 Å². The number of unbranched alkanes of at least 4 members (excludes halogenated alkanes) is 1. The zero-order valence-electron chi connectivity index (χ0n) is 14.7. The summed E-state index contributed by atoms with van der Waals surface area (Å²) in [5, 5.41) is 6.63. The molecule has 1 heterocycles. The molecule has 0 aromatic carbocycles. The average molecular weight is 310 g/mol. The molecule has 0 saturated carbocycles. The Morgan fingerprint density at radius 3 is 2.50 bits per heavy atom. The quantitative estimate of drug-likeness (QED) is 0.508. The molecule has 1 amide bonds. The molecule has 0 bridgehead atoms. The summed E-state index contributed by atoms with van der Waals surface area (Å²) >= 11 is 0. The molecule has 22 heavy (non-hydrogen) atoms. The third-order valence-electron chi connectivity index (χ3n) is 4.28. The molecule has 0 spiro atoms. The van der Waals surface area contributed by atoms with Gasteiger partial charge in [0.2, 0.25) is 5.91 Å². The largest absolute Gasteiger partial charge is 0.357 e. The van der Waals surface area contributed by atoms with Crippen LogP contribution in [0.25, 0.3) is 0 Å². The molecule has 128 valence electrons. The van der Waals surface area contributed by atoms with Gasteiger partial charge in [0.05, 0.1) is 0 Å². The van der Waals surface area contributed by atoms with Gasteiger partial charge in [-0.3, -0.25) is 4.79 Å². The number of carbonyl (C=O) groups is 1. The molecule has 0 aromatic rings. The van der Waals surface area contributed by atoms with Crippen molar-refractivity contribution in [1.82, 2.24) is 15.5 Å². The van der Waals surface area contributed by atoms with Gasteiger partial charge in [0.25, 0.3) is 0 Å². The second kappa shape index (κ2) is 11.3. The van der Waals surface area contributed by atoms with Crippen LogP contribution in [0, 0.1) is 5.92 Å². The summed E-state index contributed by atoms with van der Waals surface area (Å²) in [6.45, 7) is 10.3. The predicted octanol–water partition coefficient (Wildman–Crippen LogP) is 2.38. The monoisotopic (exact) mass is 310 g/mol. The summed E-state index contributed by atoms with van der Waals surface area (Å²) in [6, 6.07) is 0. The summed E-state index contributed by atoms with van der Waals surface area (Å²) in [6.07, 6.45) is 7.22. The highest BCUT2D eigenvalue weighted by Crippen LogP contribution is 2.11. The molecule has 0 aliphatic carbocycles. The van der Waals surface area contributed by atoms with Crippen molar-refractivity contribution < 1.29 is 4.79 Å². The molecule has 1 unspecified atom stereocenters. The van der Waals surface area contributed by atoms with Gasteiger partial charge in [0, 0.05) is 26.2 Å². The predicted molar refractivity (Wildman–Crippen MR) is 93.1 cm³/mol. The normalized spacial score (nSPS) is 16.7. The lowest BCUT2D eigenvalue weighted by Crippen LogP contribution is -2.41. The van der Waals surface area contributed by atoms with Crippen LogP contribution in [0.1, 0.15) is 59.3 Å². The maximum atomic E-state index is 12.1. The smallest absolute Gasteiger partial charge is 0.244 e. The molecule has 1 aliphatic heterocycles. The van der Waals surface area contributed by atoms with Crippen molar-refractivity contribution in [2.45, 2.75) is 59.3 Å². The van der Waals surface area contributed by atoms with Crippen molar-refractivity contribution in [3.63, 3.8) is 0 Å². The molecule has 0 radical (unpaired) electrons. The number of hydrogen-bond acceptors (Lipinski definition) is 2. The fourth-order valence-corrected chi connectivity index (χ4v) is 2.74. The Morgan fingerprint density at radius 2 is 1.91 bits per heavy atom. The number of carbonyl (C=O) groups excluding carboxylic acids is 1. The van der Waals surface area contributed by atoms with E-state index in [0.717, 1.165) is 45.0 Å². The van der Waals surface area contributed by atoms with E-state index < -0.39 is 0 Å². The molecular weight excluding hydrogens is 276 g/mol. The Hall–Kier alpha value is -1.26. The average Bonchev–Trinajstić information content (AvgIpc) is 3.06. The SMILES string of the molecule is CCCCC(CC)CNC(=NCC(=O)N1CCCC1)NCC. The zero-order chi connectivity index (χ0) is 16.2. The summed E-state index contributed by atoms with van der Waals surface area (Å²) in [5.74, 6) is 1.59. The Bertz CT molecular complexity index is 338. The molecule has 2 N–H and O–H groups in total. The topological polar surface area (TPSA) is 56.7 Å². The minimum atomic E-state index is 0.146. The van der Waals surface area contributed by atoms with Gasteiger partial charge in [-0.05, 0) is 32.1 Å². The second-order valence-corrected chi connectivity index (χ2v) is 6.08. The van der Waals surface area contributed by atoms with Gasteiger partial charge in [0.15, 0.2) is 5.96 Å². The molecule has 1 atom stereocenters. The number of nitrogens with zero attached hydrogens (tertiary/aromatic N) is 2. The highest BCUT2D eigenvalue weighted by Gasteiger charge is 2.17. The van der Waals surface area contributed by atoms with Crippen LogP contribution in [0.3, 0.4) is 0 Å². The van der Waals surface area contributed by atoms with E-state index in [0.29, 0.717) is 5.92 Å². The van der Waals surface area contributed by atoms with Gasteiger partial charge in [-0.1, -0.05) is 33.1 Å². The first-order valence-electron chi connectivity index (χ1n) is 9.01. The first kappa shape index (κ1) is 18.8. The van der Waals surface area contributed by atoms with E-state index >= 15 is 0 Å². The van der Waals surface area contributed by atoms with E-state index in [9.17, 15) is 4.79 Å². The number of aliphatic imine (C=N–C) groups is 1. The minimum absolute atomic E-state index is 0.146. The summed E-state index contributed by atoms with van der Waals surface area (Å²) in [7, 11) is 0. The molecule has 1 fully saturated rings. The first-order chi connectivity index (χ1) is 10.7. The van der Waals surface area contributed by atoms with Crippen molar-refractivity contribution >= 4 is 11.9 Å². The lowest BCUT2D eigenvalue weighted by Gasteiger charge is -2.18. The highest BCUT2D eigenvalue weighted by molar-refractivity contribution is 5.85. The van der Waals surface area contributed by atoms with Gasteiger partial charge in [0.1, 0.15) is 6.54 Å². The summed E-state index contributed by atoms with van der Waals surface area (Å²) in [4.78, 5) is 18.4. The Labute approximate surface area is 135 Å². The molecule has 5 heteroatoms. The summed E-state index contributed by atoms with van der Waals surface area (Å²) in [5.41, 5.74) is 0. The maximum absolute atomic E-state index is 12.1.